The maximum Gasteiger partial charge on any atom is 0.310 e. The molecule has 0 radical (unpaired) electrons. The molecule has 1 N–H and O–H groups in total. The minimum Gasteiger partial charge on any atom is -1.00 e. The summed E-state index contributed by atoms with van der Waals surface area (Å²) in [6.07, 6.45) is 4.18. The Balaban J connectivity index is 0.00000156. The predicted octanol–water partition coefficient (Wildman–Crippen LogP) is 0.590. The smallest absolute Gasteiger partial charge is 0.310 e. The number of aromatic nitrogens is 1. The molecular weight excluding hydrogens is 350 g/mol. The van der Waals surface area contributed by atoms with Gasteiger partial charge in [-0.05, 0) is 18.2 Å². The Hall–Kier alpha value is -2.59. The summed E-state index contributed by atoms with van der Waals surface area (Å²) in [6, 6.07) is 26.8. The van der Waals surface area contributed by atoms with Crippen molar-refractivity contribution in [2.24, 2.45) is 0 Å². The van der Waals surface area contributed by atoms with E-state index < -0.39 is 0 Å². The number of rotatable bonds is 2. The van der Waals surface area contributed by atoms with Gasteiger partial charge in [0.05, 0.1) is 6.20 Å². The number of hydrogen-bond acceptors (Lipinski definition) is 2. The summed E-state index contributed by atoms with van der Waals surface area (Å²) in [5.41, 5.74) is 6.84. The molecule has 23 heavy (non-hydrogen) atoms. The second-order valence-corrected chi connectivity index (χ2v) is 5.16. The van der Waals surface area contributed by atoms with Crippen LogP contribution in [-0.2, 0) is 0 Å². The van der Waals surface area contributed by atoms with Crippen molar-refractivity contribution in [1.82, 2.24) is 5.43 Å². The van der Waals surface area contributed by atoms with Gasteiger partial charge >= 0.3 is 5.82 Å². The SMILES string of the molecule is C1=C(c2ccccc2)NN(c2ccccc2)c2cccc[n+]21.[Br-]. The Morgan fingerprint density at radius 3 is 2.13 bits per heavy atom. The van der Waals surface area contributed by atoms with Gasteiger partial charge in [0.25, 0.3) is 0 Å². The van der Waals surface area contributed by atoms with Crippen molar-refractivity contribution in [2.75, 3.05) is 5.01 Å². The molecule has 1 aliphatic heterocycles. The molecule has 0 spiro atoms. The van der Waals surface area contributed by atoms with E-state index in [1.807, 2.05) is 36.4 Å². The molecule has 0 unspecified atom stereocenters. The molecule has 1 aliphatic rings. The summed E-state index contributed by atoms with van der Waals surface area (Å²) in [4.78, 5) is 0. The van der Waals surface area contributed by atoms with Gasteiger partial charge < -0.3 is 17.0 Å². The highest BCUT2D eigenvalue weighted by Gasteiger charge is 2.27. The molecule has 114 valence electrons. The van der Waals surface area contributed by atoms with E-state index >= 15 is 0 Å². The zero-order valence-electron chi connectivity index (χ0n) is 12.4. The van der Waals surface area contributed by atoms with Crippen LogP contribution >= 0.6 is 0 Å². The number of halogens is 1. The van der Waals surface area contributed by atoms with E-state index in [2.05, 4.69) is 69.9 Å². The lowest BCUT2D eigenvalue weighted by molar-refractivity contribution is -0.555. The maximum atomic E-state index is 3.52. The van der Waals surface area contributed by atoms with Crippen molar-refractivity contribution >= 4 is 23.4 Å². The average molecular weight is 366 g/mol. The van der Waals surface area contributed by atoms with Crippen molar-refractivity contribution < 1.29 is 21.5 Å². The monoisotopic (exact) mass is 365 g/mol. The third-order valence-corrected chi connectivity index (χ3v) is 3.70. The number of benzene rings is 2. The molecule has 0 aliphatic carbocycles. The molecule has 0 saturated carbocycles. The summed E-state index contributed by atoms with van der Waals surface area (Å²) in [5, 5.41) is 2.10. The Morgan fingerprint density at radius 1 is 0.739 bits per heavy atom. The molecule has 1 aromatic heterocycles. The van der Waals surface area contributed by atoms with E-state index in [4.69, 9.17) is 0 Å². The van der Waals surface area contributed by atoms with Gasteiger partial charge in [-0.1, -0.05) is 54.6 Å². The van der Waals surface area contributed by atoms with Crippen molar-refractivity contribution in [3.8, 4) is 0 Å². The van der Waals surface area contributed by atoms with Crippen molar-refractivity contribution in [1.29, 1.82) is 0 Å². The summed E-state index contributed by atoms with van der Waals surface area (Å²) < 4.78 is 2.13. The van der Waals surface area contributed by atoms with Crippen LogP contribution in [0.4, 0.5) is 11.5 Å². The van der Waals surface area contributed by atoms with Gasteiger partial charge in [0, 0.05) is 11.6 Å². The second-order valence-electron chi connectivity index (χ2n) is 5.16. The minimum atomic E-state index is 0. The van der Waals surface area contributed by atoms with Gasteiger partial charge in [-0.3, -0.25) is 0 Å². The molecule has 3 aromatic rings. The number of nitrogens with zero attached hydrogens (tertiary/aromatic N) is 2. The first-order valence-electron chi connectivity index (χ1n) is 7.31. The molecule has 0 fully saturated rings. The topological polar surface area (TPSA) is 19.1 Å². The fraction of sp³-hybridized carbons (Fsp3) is 0. The van der Waals surface area contributed by atoms with Crippen LogP contribution in [-0.4, -0.2) is 0 Å². The van der Waals surface area contributed by atoms with Crippen molar-refractivity contribution in [3.05, 3.63) is 90.6 Å². The first kappa shape index (κ1) is 15.3. The third-order valence-electron chi connectivity index (χ3n) is 3.70. The van der Waals surface area contributed by atoms with Crippen LogP contribution in [0, 0.1) is 0 Å². The highest BCUT2D eigenvalue weighted by atomic mass is 79.9. The van der Waals surface area contributed by atoms with Gasteiger partial charge in [0.15, 0.2) is 5.69 Å². The molecule has 2 heterocycles. The van der Waals surface area contributed by atoms with E-state index in [0.717, 1.165) is 22.8 Å². The fourth-order valence-corrected chi connectivity index (χ4v) is 2.62. The van der Waals surface area contributed by atoms with Crippen molar-refractivity contribution in [2.45, 2.75) is 0 Å². The van der Waals surface area contributed by atoms with E-state index in [9.17, 15) is 0 Å². The lowest BCUT2D eigenvalue weighted by atomic mass is 10.1. The molecule has 4 rings (SSSR count). The summed E-state index contributed by atoms with van der Waals surface area (Å²) in [5.74, 6) is 1.08. The maximum absolute atomic E-state index is 3.52. The first-order valence-corrected chi connectivity index (χ1v) is 7.31. The number of anilines is 2. The van der Waals surface area contributed by atoms with Crippen LogP contribution in [0.5, 0.6) is 0 Å². The Morgan fingerprint density at radius 2 is 1.39 bits per heavy atom. The standard InChI is InChI=1S/C19H16N3.BrH/c1-3-9-16(10-4-1)18-15-21-14-8-7-13-19(21)22(20-18)17-11-5-2-6-12-17;/h1-15,20H;1H/q+1;/p-1. The number of para-hydroxylation sites is 1. The van der Waals surface area contributed by atoms with E-state index in [1.165, 1.54) is 0 Å². The van der Waals surface area contributed by atoms with Gasteiger partial charge in [-0.2, -0.15) is 0 Å². The number of hydrazine groups is 1. The molecule has 0 saturated heterocycles. The molecule has 2 aromatic carbocycles. The summed E-state index contributed by atoms with van der Waals surface area (Å²) in [6.45, 7) is 0. The third kappa shape index (κ3) is 2.98. The van der Waals surface area contributed by atoms with Crippen molar-refractivity contribution in [3.63, 3.8) is 0 Å². The number of nitrogens with one attached hydrogen (secondary N) is 1. The van der Waals surface area contributed by atoms with Crippen LogP contribution < -0.4 is 32.0 Å². The molecule has 0 atom stereocenters. The Kier molecular flexibility index (Phi) is 4.44. The fourth-order valence-electron chi connectivity index (χ4n) is 2.62. The summed E-state index contributed by atoms with van der Waals surface area (Å²) in [7, 11) is 0. The predicted molar refractivity (Wildman–Crippen MR) is 89.0 cm³/mol. The normalized spacial score (nSPS) is 12.5. The number of pyridine rings is 1. The largest absolute Gasteiger partial charge is 1.00 e. The first-order chi connectivity index (χ1) is 10.9. The van der Waals surface area contributed by atoms with Gasteiger partial charge in [-0.25, -0.2) is 9.99 Å². The molecule has 4 heteroatoms. The molecule has 3 nitrogen and oxygen atoms in total. The van der Waals surface area contributed by atoms with Gasteiger partial charge in [0.2, 0.25) is 0 Å². The highest BCUT2D eigenvalue weighted by molar-refractivity contribution is 5.76. The molecule has 0 amide bonds. The van der Waals surface area contributed by atoms with E-state index in [1.54, 1.807) is 0 Å². The number of hydrogen-bond donors (Lipinski definition) is 1. The minimum absolute atomic E-state index is 0. The lowest BCUT2D eigenvalue weighted by Gasteiger charge is -2.24. The van der Waals surface area contributed by atoms with Crippen LogP contribution in [0.2, 0.25) is 0 Å². The molecule has 0 bridgehead atoms. The zero-order valence-corrected chi connectivity index (χ0v) is 14.0. The highest BCUT2D eigenvalue weighted by Crippen LogP contribution is 2.25. The Labute approximate surface area is 146 Å². The zero-order chi connectivity index (χ0) is 14.8. The quantitative estimate of drug-likeness (QED) is 0.670. The van der Waals surface area contributed by atoms with Crippen LogP contribution in [0.15, 0.2) is 85.1 Å². The van der Waals surface area contributed by atoms with Crippen LogP contribution in [0.25, 0.3) is 11.9 Å². The van der Waals surface area contributed by atoms with Gasteiger partial charge in [-0.15, -0.1) is 5.01 Å². The van der Waals surface area contributed by atoms with Gasteiger partial charge in [0.1, 0.15) is 11.9 Å². The number of fused-ring (bicyclic) bond motifs is 1. The Bertz CT molecular complexity index is 816. The average Bonchev–Trinajstić information content (AvgIpc) is 2.62. The van der Waals surface area contributed by atoms with Crippen LogP contribution in [0.1, 0.15) is 5.56 Å². The molecular formula is C19H16BrN3. The second kappa shape index (κ2) is 6.67. The van der Waals surface area contributed by atoms with E-state index in [0.29, 0.717) is 0 Å². The van der Waals surface area contributed by atoms with Crippen LogP contribution in [0.3, 0.4) is 0 Å². The summed E-state index contributed by atoms with van der Waals surface area (Å²) >= 11 is 0. The lowest BCUT2D eigenvalue weighted by Crippen LogP contribution is -3.00. The van der Waals surface area contributed by atoms with E-state index in [-0.39, 0.29) is 17.0 Å².